The first kappa shape index (κ1) is 24.2. The molecule has 0 radical (unpaired) electrons. The number of amides is 2. The van der Waals surface area contributed by atoms with Gasteiger partial charge in [-0.2, -0.15) is 4.98 Å². The van der Waals surface area contributed by atoms with Gasteiger partial charge in [-0.15, -0.1) is 11.3 Å². The molecule has 196 valence electrons. The van der Waals surface area contributed by atoms with Crippen LogP contribution >= 0.6 is 11.3 Å². The molecule has 3 saturated heterocycles. The molecule has 3 aliphatic rings. The minimum Gasteiger partial charge on any atom is -0.444 e. The van der Waals surface area contributed by atoms with Crippen LogP contribution in [0, 0.1) is 0 Å². The quantitative estimate of drug-likeness (QED) is 0.468. The molecule has 0 N–H and O–H groups in total. The minimum atomic E-state index is -0.524. The number of aromatic nitrogens is 2. The Morgan fingerprint density at radius 3 is 2.46 bits per heavy atom. The maximum atomic E-state index is 13.4. The summed E-state index contributed by atoms with van der Waals surface area (Å²) in [5.41, 5.74) is 2.19. The van der Waals surface area contributed by atoms with E-state index < -0.39 is 5.60 Å². The third-order valence-corrected chi connectivity index (χ3v) is 8.20. The van der Waals surface area contributed by atoms with Crippen LogP contribution in [0.25, 0.3) is 21.7 Å². The molecule has 0 aliphatic carbocycles. The Morgan fingerprint density at radius 2 is 1.81 bits per heavy atom. The SMILES string of the molecule is CC(C)(C)OC(=O)N1C2CCC1CN(c1nc3cc(C(=O)N4CCCCC4)cc(-c4nccs4)c3o1)C2. The van der Waals surface area contributed by atoms with Crippen molar-refractivity contribution in [3.8, 4) is 10.6 Å². The van der Waals surface area contributed by atoms with Crippen LogP contribution in [0.1, 0.15) is 63.2 Å². The second kappa shape index (κ2) is 9.31. The predicted molar refractivity (Wildman–Crippen MR) is 142 cm³/mol. The van der Waals surface area contributed by atoms with Gasteiger partial charge in [0.2, 0.25) is 0 Å². The van der Waals surface area contributed by atoms with E-state index in [9.17, 15) is 9.59 Å². The molecule has 3 aromatic rings. The highest BCUT2D eigenvalue weighted by Crippen LogP contribution is 2.38. The van der Waals surface area contributed by atoms with Crippen LogP contribution in [0.5, 0.6) is 0 Å². The normalized spacial score (nSPS) is 22.1. The number of hydrogen-bond acceptors (Lipinski definition) is 8. The summed E-state index contributed by atoms with van der Waals surface area (Å²) in [5, 5.41) is 2.72. The van der Waals surface area contributed by atoms with Gasteiger partial charge in [-0.05, 0) is 65.0 Å². The summed E-state index contributed by atoms with van der Waals surface area (Å²) in [5.74, 6) is 0.0352. The lowest BCUT2D eigenvalue weighted by Gasteiger charge is -2.40. The first-order valence-corrected chi connectivity index (χ1v) is 14.0. The lowest BCUT2D eigenvalue weighted by atomic mass is 10.1. The summed E-state index contributed by atoms with van der Waals surface area (Å²) in [7, 11) is 0. The fourth-order valence-electron chi connectivity index (χ4n) is 5.75. The van der Waals surface area contributed by atoms with Crippen molar-refractivity contribution < 1.29 is 18.7 Å². The van der Waals surface area contributed by atoms with Crippen LogP contribution in [0.15, 0.2) is 28.1 Å². The number of rotatable bonds is 3. The van der Waals surface area contributed by atoms with Gasteiger partial charge < -0.3 is 19.0 Å². The maximum Gasteiger partial charge on any atom is 0.410 e. The summed E-state index contributed by atoms with van der Waals surface area (Å²) in [4.78, 5) is 41.5. The van der Waals surface area contributed by atoms with Gasteiger partial charge in [0.25, 0.3) is 11.9 Å². The van der Waals surface area contributed by atoms with E-state index in [0.29, 0.717) is 35.8 Å². The van der Waals surface area contributed by atoms with Gasteiger partial charge in [0, 0.05) is 43.3 Å². The predicted octanol–water partition coefficient (Wildman–Crippen LogP) is 5.17. The third kappa shape index (κ3) is 4.67. The number of thiazole rings is 1. The molecular formula is C27H33N5O4S. The lowest BCUT2D eigenvalue weighted by molar-refractivity contribution is 0.0120. The summed E-state index contributed by atoms with van der Waals surface area (Å²) >= 11 is 1.51. The maximum absolute atomic E-state index is 13.4. The molecule has 2 bridgehead atoms. The number of hydrogen-bond donors (Lipinski definition) is 0. The average Bonchev–Trinajstić information content (AvgIpc) is 3.60. The molecule has 2 atom stereocenters. The van der Waals surface area contributed by atoms with E-state index >= 15 is 0 Å². The van der Waals surface area contributed by atoms with Gasteiger partial charge in [0.05, 0.1) is 17.6 Å². The van der Waals surface area contributed by atoms with Crippen LogP contribution in [0.3, 0.4) is 0 Å². The number of nitrogens with zero attached hydrogens (tertiary/aromatic N) is 5. The van der Waals surface area contributed by atoms with Gasteiger partial charge in [0.15, 0.2) is 5.58 Å². The number of piperidine rings is 1. The number of piperazine rings is 1. The van der Waals surface area contributed by atoms with Crippen molar-refractivity contribution in [2.24, 2.45) is 0 Å². The molecular weight excluding hydrogens is 490 g/mol. The molecule has 3 aliphatic heterocycles. The van der Waals surface area contributed by atoms with Gasteiger partial charge >= 0.3 is 6.09 Å². The number of anilines is 1. The fraction of sp³-hybridized carbons (Fsp3) is 0.556. The summed E-state index contributed by atoms with van der Waals surface area (Å²) in [6.07, 6.45) is 6.62. The largest absolute Gasteiger partial charge is 0.444 e. The summed E-state index contributed by atoms with van der Waals surface area (Å²) in [6.45, 7) is 8.53. The highest BCUT2D eigenvalue weighted by molar-refractivity contribution is 7.13. The molecule has 0 spiro atoms. The van der Waals surface area contributed by atoms with Gasteiger partial charge in [-0.1, -0.05) is 0 Å². The second-order valence-electron chi connectivity index (χ2n) is 11.2. The van der Waals surface area contributed by atoms with Crippen LogP contribution in [0.4, 0.5) is 10.8 Å². The van der Waals surface area contributed by atoms with Crippen molar-refractivity contribution in [1.29, 1.82) is 0 Å². The van der Waals surface area contributed by atoms with E-state index in [4.69, 9.17) is 14.1 Å². The Morgan fingerprint density at radius 1 is 1.08 bits per heavy atom. The topological polar surface area (TPSA) is 92.0 Å². The Kier molecular flexibility index (Phi) is 6.09. The van der Waals surface area contributed by atoms with E-state index in [0.717, 1.165) is 49.3 Å². The van der Waals surface area contributed by atoms with E-state index in [-0.39, 0.29) is 24.1 Å². The molecule has 9 nitrogen and oxygen atoms in total. The molecule has 10 heteroatoms. The van der Waals surface area contributed by atoms with Crippen molar-refractivity contribution in [3.63, 3.8) is 0 Å². The van der Waals surface area contributed by atoms with Crippen LogP contribution in [-0.4, -0.2) is 75.6 Å². The zero-order valence-corrected chi connectivity index (χ0v) is 22.4. The number of oxazole rings is 1. The van der Waals surface area contributed by atoms with Crippen molar-refractivity contribution >= 4 is 40.5 Å². The number of carbonyl (C=O) groups excluding carboxylic acids is 2. The molecule has 3 fully saturated rings. The Labute approximate surface area is 220 Å². The van der Waals surface area contributed by atoms with Crippen molar-refractivity contribution in [2.75, 3.05) is 31.1 Å². The molecule has 2 amide bonds. The van der Waals surface area contributed by atoms with E-state index in [1.54, 1.807) is 6.20 Å². The monoisotopic (exact) mass is 523 g/mol. The molecule has 5 heterocycles. The Balaban J connectivity index is 1.31. The van der Waals surface area contributed by atoms with Crippen LogP contribution < -0.4 is 4.90 Å². The zero-order chi connectivity index (χ0) is 25.7. The smallest absolute Gasteiger partial charge is 0.410 e. The molecule has 0 saturated carbocycles. The van der Waals surface area contributed by atoms with Crippen molar-refractivity contribution in [1.82, 2.24) is 19.8 Å². The van der Waals surface area contributed by atoms with Crippen molar-refractivity contribution in [3.05, 3.63) is 29.3 Å². The second-order valence-corrected chi connectivity index (χ2v) is 12.1. The standard InChI is InChI=1S/C27H33N5O4S/c1-27(2,3)36-26(34)32-18-7-8-19(32)16-31(15-18)25-29-21-14-17(24(33)30-10-5-4-6-11-30)13-20(22(21)35-25)23-28-9-12-37-23/h9,12-14,18-19H,4-8,10-11,15-16H2,1-3H3. The Hall–Kier alpha value is -3.14. The Bertz CT molecular complexity index is 1290. The first-order chi connectivity index (χ1) is 17.8. The van der Waals surface area contributed by atoms with Gasteiger partial charge in [-0.25, -0.2) is 9.78 Å². The molecule has 37 heavy (non-hydrogen) atoms. The minimum absolute atomic E-state index is 0.0352. The molecule has 6 rings (SSSR count). The van der Waals surface area contributed by atoms with Crippen molar-refractivity contribution in [2.45, 2.75) is 70.6 Å². The molecule has 1 aromatic carbocycles. The first-order valence-electron chi connectivity index (χ1n) is 13.2. The highest BCUT2D eigenvalue weighted by atomic mass is 32.1. The number of carbonyl (C=O) groups is 2. The highest BCUT2D eigenvalue weighted by Gasteiger charge is 2.45. The number of likely N-dealkylation sites (tertiary alicyclic amines) is 1. The van der Waals surface area contributed by atoms with Crippen LogP contribution in [0.2, 0.25) is 0 Å². The summed E-state index contributed by atoms with van der Waals surface area (Å²) in [6, 6.07) is 4.38. The number of ether oxygens (including phenoxy) is 1. The summed E-state index contributed by atoms with van der Waals surface area (Å²) < 4.78 is 12.0. The van der Waals surface area contributed by atoms with E-state index in [1.807, 2.05) is 48.1 Å². The lowest BCUT2D eigenvalue weighted by Crippen LogP contribution is -2.56. The molecule has 2 aromatic heterocycles. The number of fused-ring (bicyclic) bond motifs is 3. The third-order valence-electron chi connectivity index (χ3n) is 7.39. The van der Waals surface area contributed by atoms with E-state index in [2.05, 4.69) is 9.88 Å². The number of benzene rings is 1. The average molecular weight is 524 g/mol. The van der Waals surface area contributed by atoms with Crippen LogP contribution in [-0.2, 0) is 4.74 Å². The zero-order valence-electron chi connectivity index (χ0n) is 21.6. The molecule has 2 unspecified atom stereocenters. The van der Waals surface area contributed by atoms with E-state index in [1.165, 1.54) is 17.8 Å². The fourth-order valence-corrected chi connectivity index (χ4v) is 6.40. The van der Waals surface area contributed by atoms with Gasteiger partial charge in [-0.3, -0.25) is 9.69 Å². The van der Waals surface area contributed by atoms with Gasteiger partial charge in [0.1, 0.15) is 16.1 Å².